The molecule has 3 atom stereocenters. The molecule has 2 rings (SSSR count). The first-order chi connectivity index (χ1) is 8.18. The number of rotatable bonds is 5. The molecule has 0 saturated heterocycles. The summed E-state index contributed by atoms with van der Waals surface area (Å²) in [6.45, 7) is 4.94. The molecule has 3 unspecified atom stereocenters. The molecular weight excluding hydrogens is 224 g/mol. The molecule has 2 aliphatic carbocycles. The van der Waals surface area contributed by atoms with Crippen LogP contribution < -0.4 is 0 Å². The van der Waals surface area contributed by atoms with E-state index in [1.165, 1.54) is 57.8 Å². The van der Waals surface area contributed by atoms with Gasteiger partial charge in [-0.1, -0.05) is 46.0 Å². The van der Waals surface area contributed by atoms with Gasteiger partial charge in [-0.3, -0.25) is 0 Å². The van der Waals surface area contributed by atoms with Crippen molar-refractivity contribution in [2.24, 2.45) is 17.3 Å². The average Bonchev–Trinajstić information content (AvgIpc) is 2.95. The van der Waals surface area contributed by atoms with Crippen LogP contribution in [0.15, 0.2) is 0 Å². The number of hydrogen-bond acceptors (Lipinski definition) is 1. The zero-order valence-corrected chi connectivity index (χ0v) is 12.8. The molecule has 0 radical (unpaired) electrons. The van der Waals surface area contributed by atoms with Gasteiger partial charge in [0.15, 0.2) is 0 Å². The minimum absolute atomic E-state index is 0.670. The van der Waals surface area contributed by atoms with Gasteiger partial charge in [0, 0.05) is 5.25 Å². The summed E-state index contributed by atoms with van der Waals surface area (Å²) in [6.07, 6.45) is 15.8. The standard InChI is InChI=1S/C16H30S/c1-4-13-7-8-14(11-13)12-15(17-3)16(2)9-5-6-10-16/h13-15H,4-12H2,1-3H3. The largest absolute Gasteiger partial charge is 0.161 e. The topological polar surface area (TPSA) is 0 Å². The van der Waals surface area contributed by atoms with Crippen molar-refractivity contribution in [3.8, 4) is 0 Å². The maximum atomic E-state index is 2.56. The van der Waals surface area contributed by atoms with Crippen LogP contribution in [0.4, 0.5) is 0 Å². The van der Waals surface area contributed by atoms with Gasteiger partial charge in [0.25, 0.3) is 0 Å². The Kier molecular flexibility index (Phi) is 4.86. The Hall–Kier alpha value is 0.350. The predicted molar refractivity (Wildman–Crippen MR) is 79.6 cm³/mol. The van der Waals surface area contributed by atoms with Crippen molar-refractivity contribution in [3.63, 3.8) is 0 Å². The van der Waals surface area contributed by atoms with Gasteiger partial charge in [0.05, 0.1) is 0 Å². The molecule has 0 N–H and O–H groups in total. The highest BCUT2D eigenvalue weighted by Crippen LogP contribution is 2.49. The second-order valence-electron chi connectivity index (χ2n) is 6.77. The summed E-state index contributed by atoms with van der Waals surface area (Å²) >= 11 is 2.16. The summed E-state index contributed by atoms with van der Waals surface area (Å²) in [6, 6.07) is 0. The SMILES string of the molecule is CCC1CCC(CC(SC)C2(C)CCCC2)C1. The molecule has 0 heterocycles. The van der Waals surface area contributed by atoms with Gasteiger partial charge in [-0.2, -0.15) is 11.8 Å². The third kappa shape index (κ3) is 3.22. The number of thioether (sulfide) groups is 1. The molecule has 0 aromatic rings. The second kappa shape index (κ2) is 5.99. The third-order valence-corrected chi connectivity index (χ3v) is 6.91. The van der Waals surface area contributed by atoms with E-state index in [1.54, 1.807) is 0 Å². The fraction of sp³-hybridized carbons (Fsp3) is 1.00. The molecule has 0 aliphatic heterocycles. The second-order valence-corrected chi connectivity index (χ2v) is 7.81. The monoisotopic (exact) mass is 254 g/mol. The highest BCUT2D eigenvalue weighted by Gasteiger charge is 2.38. The van der Waals surface area contributed by atoms with Gasteiger partial charge in [0.2, 0.25) is 0 Å². The third-order valence-electron chi connectivity index (χ3n) is 5.58. The van der Waals surface area contributed by atoms with Gasteiger partial charge in [-0.05, 0) is 49.2 Å². The first kappa shape index (κ1) is 13.8. The summed E-state index contributed by atoms with van der Waals surface area (Å²) in [5, 5.41) is 0.936. The maximum Gasteiger partial charge on any atom is 0.0101 e. The minimum Gasteiger partial charge on any atom is -0.161 e. The van der Waals surface area contributed by atoms with Crippen LogP contribution in [0, 0.1) is 17.3 Å². The van der Waals surface area contributed by atoms with Gasteiger partial charge in [0.1, 0.15) is 0 Å². The summed E-state index contributed by atoms with van der Waals surface area (Å²) in [4.78, 5) is 0. The van der Waals surface area contributed by atoms with Crippen LogP contribution in [0.25, 0.3) is 0 Å². The van der Waals surface area contributed by atoms with E-state index in [9.17, 15) is 0 Å². The van der Waals surface area contributed by atoms with E-state index < -0.39 is 0 Å². The molecule has 2 aliphatic rings. The fourth-order valence-corrected chi connectivity index (χ4v) is 5.51. The fourth-order valence-electron chi connectivity index (χ4n) is 4.24. The van der Waals surface area contributed by atoms with E-state index in [-0.39, 0.29) is 0 Å². The summed E-state index contributed by atoms with van der Waals surface area (Å²) < 4.78 is 0. The molecule has 0 amide bonds. The van der Waals surface area contributed by atoms with Crippen molar-refractivity contribution in [2.45, 2.75) is 76.9 Å². The first-order valence-corrected chi connectivity index (χ1v) is 8.99. The van der Waals surface area contributed by atoms with Crippen LogP contribution in [0.2, 0.25) is 0 Å². The molecule has 0 nitrogen and oxygen atoms in total. The lowest BCUT2D eigenvalue weighted by atomic mass is 9.80. The molecule has 0 bridgehead atoms. The zero-order valence-electron chi connectivity index (χ0n) is 12.0. The highest BCUT2D eigenvalue weighted by atomic mass is 32.2. The molecule has 1 heteroatoms. The molecule has 100 valence electrons. The molecule has 0 aromatic carbocycles. The maximum absolute atomic E-state index is 2.56. The smallest absolute Gasteiger partial charge is 0.0101 e. The van der Waals surface area contributed by atoms with Gasteiger partial charge < -0.3 is 0 Å². The first-order valence-electron chi connectivity index (χ1n) is 7.70. The van der Waals surface area contributed by atoms with Gasteiger partial charge >= 0.3 is 0 Å². The van der Waals surface area contributed by atoms with E-state index >= 15 is 0 Å². The molecule has 2 saturated carbocycles. The van der Waals surface area contributed by atoms with E-state index in [0.717, 1.165) is 17.1 Å². The van der Waals surface area contributed by atoms with Crippen molar-refractivity contribution in [2.75, 3.05) is 6.26 Å². The Morgan fingerprint density at radius 1 is 1.18 bits per heavy atom. The normalized spacial score (nSPS) is 34.1. The molecular formula is C16H30S. The van der Waals surface area contributed by atoms with E-state index in [1.807, 2.05) is 0 Å². The lowest BCUT2D eigenvalue weighted by Gasteiger charge is -2.34. The van der Waals surface area contributed by atoms with Crippen molar-refractivity contribution in [1.29, 1.82) is 0 Å². The zero-order chi connectivity index (χ0) is 12.3. The van der Waals surface area contributed by atoms with Crippen molar-refractivity contribution < 1.29 is 0 Å². The lowest BCUT2D eigenvalue weighted by molar-refractivity contribution is 0.283. The van der Waals surface area contributed by atoms with Crippen LogP contribution in [-0.4, -0.2) is 11.5 Å². The van der Waals surface area contributed by atoms with Crippen molar-refractivity contribution in [3.05, 3.63) is 0 Å². The Morgan fingerprint density at radius 3 is 2.35 bits per heavy atom. The quantitative estimate of drug-likeness (QED) is 0.623. The van der Waals surface area contributed by atoms with Crippen LogP contribution in [0.5, 0.6) is 0 Å². The van der Waals surface area contributed by atoms with E-state index in [4.69, 9.17) is 0 Å². The van der Waals surface area contributed by atoms with E-state index in [2.05, 4.69) is 31.9 Å². The van der Waals surface area contributed by atoms with Crippen LogP contribution in [0.3, 0.4) is 0 Å². The molecule has 2 fully saturated rings. The summed E-state index contributed by atoms with van der Waals surface area (Å²) in [7, 11) is 0. The van der Waals surface area contributed by atoms with Crippen molar-refractivity contribution in [1.82, 2.24) is 0 Å². The van der Waals surface area contributed by atoms with Gasteiger partial charge in [-0.25, -0.2) is 0 Å². The Labute approximate surface area is 112 Å². The van der Waals surface area contributed by atoms with Crippen molar-refractivity contribution >= 4 is 11.8 Å². The average molecular weight is 254 g/mol. The minimum atomic E-state index is 0.670. The Morgan fingerprint density at radius 2 is 1.82 bits per heavy atom. The van der Waals surface area contributed by atoms with Crippen LogP contribution in [-0.2, 0) is 0 Å². The highest BCUT2D eigenvalue weighted by molar-refractivity contribution is 7.99. The number of hydrogen-bond donors (Lipinski definition) is 0. The summed E-state index contributed by atoms with van der Waals surface area (Å²) in [5.41, 5.74) is 0.670. The predicted octanol–water partition coefficient (Wildman–Crippen LogP) is 5.51. The Balaban J connectivity index is 1.87. The molecule has 0 aromatic heterocycles. The van der Waals surface area contributed by atoms with Crippen LogP contribution in [0.1, 0.15) is 71.6 Å². The summed E-state index contributed by atoms with van der Waals surface area (Å²) in [5.74, 6) is 2.11. The lowest BCUT2D eigenvalue weighted by Crippen LogP contribution is -2.28. The Bertz CT molecular complexity index is 230. The van der Waals surface area contributed by atoms with Crippen LogP contribution >= 0.6 is 11.8 Å². The molecule has 17 heavy (non-hydrogen) atoms. The van der Waals surface area contributed by atoms with Gasteiger partial charge in [-0.15, -0.1) is 0 Å². The molecule has 0 spiro atoms. The van der Waals surface area contributed by atoms with E-state index in [0.29, 0.717) is 5.41 Å².